The molecule has 1 aliphatic carbocycles. The first-order valence-electron chi connectivity index (χ1n) is 9.98. The van der Waals surface area contributed by atoms with Gasteiger partial charge in [-0.2, -0.15) is 13.2 Å². The lowest BCUT2D eigenvalue weighted by molar-refractivity contribution is -0.142. The van der Waals surface area contributed by atoms with Crippen LogP contribution in [0.2, 0.25) is 0 Å². The van der Waals surface area contributed by atoms with Crippen molar-refractivity contribution >= 4 is 10.8 Å². The average molecular weight is 422 g/mol. The van der Waals surface area contributed by atoms with E-state index in [1.807, 2.05) is 19.1 Å². The molecule has 0 bridgehead atoms. The lowest BCUT2D eigenvalue weighted by atomic mass is 9.69. The summed E-state index contributed by atoms with van der Waals surface area (Å²) in [6, 6.07) is 9.79. The largest absolute Gasteiger partial charge is 0.422 e. The second-order valence-corrected chi connectivity index (χ2v) is 7.92. The van der Waals surface area contributed by atoms with Crippen LogP contribution in [0.5, 0.6) is 0 Å². The third-order valence-electron chi connectivity index (χ3n) is 6.07. The van der Waals surface area contributed by atoms with E-state index in [1.54, 1.807) is 6.07 Å². The Labute approximate surface area is 170 Å². The fourth-order valence-corrected chi connectivity index (χ4v) is 4.87. The molecule has 0 radical (unpaired) electrons. The second kappa shape index (κ2) is 7.64. The van der Waals surface area contributed by atoms with Crippen LogP contribution in [0.15, 0.2) is 42.5 Å². The summed E-state index contributed by atoms with van der Waals surface area (Å²) in [6.07, 6.45) is -2.10. The van der Waals surface area contributed by atoms with Crippen LogP contribution in [0.3, 0.4) is 0 Å². The minimum Gasteiger partial charge on any atom is -0.207 e. The van der Waals surface area contributed by atoms with Gasteiger partial charge in [-0.25, -0.2) is 13.2 Å². The quantitative estimate of drug-likeness (QED) is 0.378. The van der Waals surface area contributed by atoms with E-state index < -0.39 is 29.3 Å². The third-order valence-corrected chi connectivity index (χ3v) is 6.07. The molecule has 0 spiro atoms. The lowest BCUT2D eigenvalue weighted by Gasteiger charge is -2.35. The summed E-state index contributed by atoms with van der Waals surface area (Å²) in [7, 11) is 0. The zero-order chi connectivity index (χ0) is 21.6. The van der Waals surface area contributed by atoms with Crippen molar-refractivity contribution in [2.45, 2.75) is 44.7 Å². The van der Waals surface area contributed by atoms with Crippen molar-refractivity contribution < 1.29 is 26.3 Å². The van der Waals surface area contributed by atoms with E-state index in [-0.39, 0.29) is 17.3 Å². The fourth-order valence-electron chi connectivity index (χ4n) is 4.87. The summed E-state index contributed by atoms with van der Waals surface area (Å²) in [5.41, 5.74) is 0.0180. The van der Waals surface area contributed by atoms with E-state index in [9.17, 15) is 26.3 Å². The van der Waals surface area contributed by atoms with Gasteiger partial charge in [0.2, 0.25) is 0 Å². The molecule has 0 heterocycles. The molecule has 4 rings (SSSR count). The summed E-state index contributed by atoms with van der Waals surface area (Å²) in [5.74, 6) is -4.01. The molecule has 3 aromatic carbocycles. The molecule has 2 atom stereocenters. The maximum atomic E-state index is 14.3. The summed E-state index contributed by atoms with van der Waals surface area (Å²) < 4.78 is 81.6. The minimum absolute atomic E-state index is 0.0315. The molecule has 0 N–H and O–H groups in total. The second-order valence-electron chi connectivity index (χ2n) is 7.92. The van der Waals surface area contributed by atoms with E-state index in [1.165, 1.54) is 12.1 Å². The molecule has 1 aliphatic rings. The highest BCUT2D eigenvalue weighted by Crippen LogP contribution is 2.46. The zero-order valence-electron chi connectivity index (χ0n) is 16.3. The van der Waals surface area contributed by atoms with Crippen LogP contribution >= 0.6 is 0 Å². The monoisotopic (exact) mass is 422 g/mol. The van der Waals surface area contributed by atoms with Crippen molar-refractivity contribution in [1.29, 1.82) is 0 Å². The minimum atomic E-state index is -5.10. The van der Waals surface area contributed by atoms with Gasteiger partial charge in [0.15, 0.2) is 0 Å². The third kappa shape index (κ3) is 3.57. The highest BCUT2D eigenvalue weighted by molar-refractivity contribution is 5.87. The van der Waals surface area contributed by atoms with E-state index in [4.69, 9.17) is 0 Å². The summed E-state index contributed by atoms with van der Waals surface area (Å²) in [4.78, 5) is 0. The molecular formula is C24H20F6. The molecule has 0 amide bonds. The van der Waals surface area contributed by atoms with Crippen LogP contribution in [0.1, 0.15) is 54.4 Å². The van der Waals surface area contributed by atoms with Crippen LogP contribution in [0.25, 0.3) is 10.8 Å². The van der Waals surface area contributed by atoms with Crippen molar-refractivity contribution in [3.8, 4) is 0 Å². The van der Waals surface area contributed by atoms with Crippen LogP contribution in [0.4, 0.5) is 26.3 Å². The van der Waals surface area contributed by atoms with Crippen molar-refractivity contribution in [3.63, 3.8) is 0 Å². The van der Waals surface area contributed by atoms with E-state index in [2.05, 4.69) is 0 Å². The lowest BCUT2D eigenvalue weighted by Crippen LogP contribution is -2.23. The Morgan fingerprint density at radius 2 is 1.60 bits per heavy atom. The fraction of sp³-hybridized carbons (Fsp3) is 0.333. The summed E-state index contributed by atoms with van der Waals surface area (Å²) in [5, 5.41) is 1.59. The van der Waals surface area contributed by atoms with Gasteiger partial charge < -0.3 is 0 Å². The van der Waals surface area contributed by atoms with Gasteiger partial charge in [-0.05, 0) is 76.9 Å². The summed E-state index contributed by atoms with van der Waals surface area (Å²) in [6.45, 7) is 2.00. The topological polar surface area (TPSA) is 0 Å². The maximum Gasteiger partial charge on any atom is 0.422 e. The van der Waals surface area contributed by atoms with Gasteiger partial charge in [0.1, 0.15) is 23.0 Å². The van der Waals surface area contributed by atoms with Crippen LogP contribution in [-0.2, 0) is 12.6 Å². The van der Waals surface area contributed by atoms with E-state index >= 15 is 0 Å². The first-order valence-corrected chi connectivity index (χ1v) is 9.98. The van der Waals surface area contributed by atoms with Crippen LogP contribution < -0.4 is 0 Å². The number of alkyl halides is 3. The van der Waals surface area contributed by atoms with Gasteiger partial charge in [-0.3, -0.25) is 0 Å². The Kier molecular flexibility index (Phi) is 5.28. The van der Waals surface area contributed by atoms with Crippen molar-refractivity contribution in [1.82, 2.24) is 0 Å². The molecule has 0 aromatic heterocycles. The Morgan fingerprint density at radius 3 is 2.23 bits per heavy atom. The standard InChI is InChI=1S/C24H20F6/c1-2-3-14-6-8-17-18(9-5-13-4-7-16(25)12-19(13)17)22(14)15-10-20(26)23(21(27)11-15)24(28,29)30/h4-5,7,9-12,14,22H,2-3,6,8H2,1H3/t14-,22-/m1/s1. The molecule has 30 heavy (non-hydrogen) atoms. The molecule has 3 aromatic rings. The number of hydrogen-bond acceptors (Lipinski definition) is 0. The van der Waals surface area contributed by atoms with Gasteiger partial charge in [-0.15, -0.1) is 0 Å². The van der Waals surface area contributed by atoms with E-state index in [0.29, 0.717) is 12.8 Å². The van der Waals surface area contributed by atoms with Crippen molar-refractivity contribution in [2.75, 3.05) is 0 Å². The Balaban J connectivity index is 1.92. The highest BCUT2D eigenvalue weighted by Gasteiger charge is 2.39. The Morgan fingerprint density at radius 1 is 0.933 bits per heavy atom. The number of aryl methyl sites for hydroxylation is 1. The Bertz CT molecular complexity index is 1080. The molecule has 0 aliphatic heterocycles. The predicted molar refractivity (Wildman–Crippen MR) is 104 cm³/mol. The zero-order valence-corrected chi connectivity index (χ0v) is 16.3. The van der Waals surface area contributed by atoms with Crippen molar-refractivity contribution in [2.24, 2.45) is 5.92 Å². The molecule has 0 unspecified atom stereocenters. The SMILES string of the molecule is CCC[C@@H]1CCc2c(ccc3ccc(F)cc23)[C@H]1c1cc(F)c(C(F)(F)F)c(F)c1. The first-order chi connectivity index (χ1) is 14.2. The van der Waals surface area contributed by atoms with Gasteiger partial charge in [0.25, 0.3) is 0 Å². The van der Waals surface area contributed by atoms with Gasteiger partial charge >= 0.3 is 6.18 Å². The van der Waals surface area contributed by atoms with E-state index in [0.717, 1.165) is 46.9 Å². The van der Waals surface area contributed by atoms with Crippen LogP contribution in [-0.4, -0.2) is 0 Å². The highest BCUT2D eigenvalue weighted by atomic mass is 19.4. The number of halogens is 6. The van der Waals surface area contributed by atoms with Crippen LogP contribution in [0, 0.1) is 23.4 Å². The maximum absolute atomic E-state index is 14.3. The number of fused-ring (bicyclic) bond motifs is 3. The number of benzene rings is 3. The normalized spacial score (nSPS) is 19.2. The molecule has 0 saturated heterocycles. The molecular weight excluding hydrogens is 402 g/mol. The number of rotatable bonds is 3. The summed E-state index contributed by atoms with van der Waals surface area (Å²) >= 11 is 0. The van der Waals surface area contributed by atoms with Gasteiger partial charge in [0, 0.05) is 5.92 Å². The van der Waals surface area contributed by atoms with Crippen molar-refractivity contribution in [3.05, 3.63) is 82.2 Å². The molecule has 0 fully saturated rings. The predicted octanol–water partition coefficient (Wildman–Crippen LogP) is 7.77. The number of hydrogen-bond donors (Lipinski definition) is 0. The molecule has 6 heteroatoms. The molecule has 0 nitrogen and oxygen atoms in total. The Hall–Kier alpha value is -2.50. The van der Waals surface area contributed by atoms with Gasteiger partial charge in [0.05, 0.1) is 0 Å². The smallest absolute Gasteiger partial charge is 0.207 e. The molecule has 158 valence electrons. The average Bonchev–Trinajstić information content (AvgIpc) is 2.66. The molecule has 0 saturated carbocycles. The first kappa shape index (κ1) is 20.8. The van der Waals surface area contributed by atoms with Gasteiger partial charge in [-0.1, -0.05) is 31.5 Å².